The second-order valence-electron chi connectivity index (χ2n) is 3.12. The molecule has 0 saturated carbocycles. The zero-order valence-electron chi connectivity index (χ0n) is 8.04. The molecule has 15 heavy (non-hydrogen) atoms. The van der Waals surface area contributed by atoms with Crippen molar-refractivity contribution in [3.05, 3.63) is 35.5 Å². The van der Waals surface area contributed by atoms with E-state index in [0.29, 0.717) is 5.76 Å². The van der Waals surface area contributed by atoms with Gasteiger partial charge in [-0.3, -0.25) is 4.68 Å². The number of carbonyl (C=O) groups is 1. The van der Waals surface area contributed by atoms with Gasteiger partial charge >= 0.3 is 5.97 Å². The minimum atomic E-state index is -1.05. The van der Waals surface area contributed by atoms with E-state index in [4.69, 9.17) is 9.63 Å². The summed E-state index contributed by atoms with van der Waals surface area (Å²) >= 11 is 0. The third kappa shape index (κ3) is 1.88. The van der Waals surface area contributed by atoms with Gasteiger partial charge in [0.1, 0.15) is 12.1 Å². The van der Waals surface area contributed by atoms with Crippen molar-refractivity contribution in [2.45, 2.75) is 13.5 Å². The first-order valence-corrected chi connectivity index (χ1v) is 4.33. The Hall–Kier alpha value is -2.11. The maximum Gasteiger partial charge on any atom is 0.341 e. The highest BCUT2D eigenvalue weighted by molar-refractivity contribution is 5.88. The van der Waals surface area contributed by atoms with Gasteiger partial charge in [0.2, 0.25) is 0 Å². The van der Waals surface area contributed by atoms with Gasteiger partial charge in [-0.15, -0.1) is 0 Å². The molecule has 6 heteroatoms. The van der Waals surface area contributed by atoms with E-state index in [-0.39, 0.29) is 12.1 Å². The molecule has 0 spiro atoms. The van der Waals surface area contributed by atoms with Crippen LogP contribution in [-0.4, -0.2) is 26.0 Å². The van der Waals surface area contributed by atoms with Gasteiger partial charge in [-0.1, -0.05) is 5.16 Å². The number of hydrogen-bond donors (Lipinski definition) is 1. The van der Waals surface area contributed by atoms with E-state index in [2.05, 4.69) is 10.3 Å². The Labute approximate surface area is 85.1 Å². The zero-order valence-corrected chi connectivity index (χ0v) is 8.04. The molecule has 0 fully saturated rings. The number of hydrogen-bond acceptors (Lipinski definition) is 4. The van der Waals surface area contributed by atoms with E-state index in [0.717, 1.165) is 5.69 Å². The fourth-order valence-electron chi connectivity index (χ4n) is 1.25. The second-order valence-corrected chi connectivity index (χ2v) is 3.12. The first-order valence-electron chi connectivity index (χ1n) is 4.33. The summed E-state index contributed by atoms with van der Waals surface area (Å²) in [5, 5.41) is 16.4. The number of aromatic carboxylic acids is 1. The number of carboxylic acid groups (broad SMARTS) is 1. The third-order valence-corrected chi connectivity index (χ3v) is 1.96. The van der Waals surface area contributed by atoms with Crippen LogP contribution >= 0.6 is 0 Å². The molecule has 0 atom stereocenters. The molecule has 1 N–H and O–H groups in total. The molecule has 0 aromatic carbocycles. The largest absolute Gasteiger partial charge is 0.478 e. The summed E-state index contributed by atoms with van der Waals surface area (Å²) in [6.07, 6.45) is 2.94. The van der Waals surface area contributed by atoms with Crippen LogP contribution in [0.25, 0.3) is 0 Å². The maximum absolute atomic E-state index is 10.7. The number of nitrogens with zero attached hydrogens (tertiary/aromatic N) is 3. The predicted molar refractivity (Wildman–Crippen MR) is 49.5 cm³/mol. The summed E-state index contributed by atoms with van der Waals surface area (Å²) < 4.78 is 6.45. The van der Waals surface area contributed by atoms with Crippen LogP contribution in [0.3, 0.4) is 0 Å². The van der Waals surface area contributed by atoms with Gasteiger partial charge in [-0.05, 0) is 13.0 Å². The lowest BCUT2D eigenvalue weighted by Crippen LogP contribution is -2.05. The van der Waals surface area contributed by atoms with Gasteiger partial charge in [0.25, 0.3) is 0 Å². The minimum absolute atomic E-state index is 0.0724. The van der Waals surface area contributed by atoms with Crippen LogP contribution in [0.5, 0.6) is 0 Å². The van der Waals surface area contributed by atoms with Crippen molar-refractivity contribution in [3.8, 4) is 0 Å². The number of rotatable bonds is 3. The van der Waals surface area contributed by atoms with Gasteiger partial charge in [0.15, 0.2) is 5.76 Å². The SMILES string of the molecule is Cc1ccn(Cc2oncc2C(=O)O)n1. The summed E-state index contributed by atoms with van der Waals surface area (Å²) in [4.78, 5) is 10.7. The first kappa shape index (κ1) is 9.45. The Morgan fingerprint density at radius 1 is 1.67 bits per heavy atom. The average molecular weight is 207 g/mol. The van der Waals surface area contributed by atoms with Crippen molar-refractivity contribution in [3.63, 3.8) is 0 Å². The Bertz CT molecular complexity index is 486. The molecule has 0 amide bonds. The molecule has 0 unspecified atom stereocenters. The topological polar surface area (TPSA) is 81.2 Å². The van der Waals surface area contributed by atoms with Gasteiger partial charge < -0.3 is 9.63 Å². The van der Waals surface area contributed by atoms with Crippen LogP contribution in [0, 0.1) is 6.92 Å². The van der Waals surface area contributed by atoms with Crippen LogP contribution in [0.15, 0.2) is 23.0 Å². The van der Waals surface area contributed by atoms with E-state index in [1.54, 1.807) is 10.9 Å². The summed E-state index contributed by atoms with van der Waals surface area (Å²) in [6, 6.07) is 1.83. The molecular formula is C9H9N3O3. The van der Waals surface area contributed by atoms with Gasteiger partial charge in [-0.25, -0.2) is 4.79 Å². The number of carboxylic acids is 1. The van der Waals surface area contributed by atoms with E-state index in [1.807, 2.05) is 13.0 Å². The molecule has 2 heterocycles. The van der Waals surface area contributed by atoms with Crippen molar-refractivity contribution >= 4 is 5.97 Å². The molecule has 2 rings (SSSR count). The van der Waals surface area contributed by atoms with Crippen LogP contribution in [0.1, 0.15) is 21.8 Å². The maximum atomic E-state index is 10.7. The molecule has 6 nitrogen and oxygen atoms in total. The van der Waals surface area contributed by atoms with Crippen LogP contribution < -0.4 is 0 Å². The molecule has 0 aliphatic rings. The van der Waals surface area contributed by atoms with E-state index in [9.17, 15) is 4.79 Å². The number of aromatic nitrogens is 3. The monoisotopic (exact) mass is 207 g/mol. The lowest BCUT2D eigenvalue weighted by Gasteiger charge is -1.97. The second kappa shape index (κ2) is 3.56. The van der Waals surface area contributed by atoms with Crippen LogP contribution in [-0.2, 0) is 6.54 Å². The molecule has 0 saturated heterocycles. The van der Waals surface area contributed by atoms with Gasteiger partial charge in [0.05, 0.1) is 11.9 Å². The Kier molecular flexibility index (Phi) is 2.24. The summed E-state index contributed by atoms with van der Waals surface area (Å²) in [7, 11) is 0. The van der Waals surface area contributed by atoms with Crippen molar-refractivity contribution < 1.29 is 14.4 Å². The van der Waals surface area contributed by atoms with E-state index in [1.165, 1.54) is 6.20 Å². The summed E-state index contributed by atoms with van der Waals surface area (Å²) in [5.41, 5.74) is 0.939. The fraction of sp³-hybridized carbons (Fsp3) is 0.222. The average Bonchev–Trinajstić information content (AvgIpc) is 2.75. The lowest BCUT2D eigenvalue weighted by molar-refractivity contribution is 0.0694. The molecule has 78 valence electrons. The molecule has 0 aliphatic carbocycles. The molecule has 0 radical (unpaired) electrons. The molecule has 0 aliphatic heterocycles. The third-order valence-electron chi connectivity index (χ3n) is 1.96. The van der Waals surface area contributed by atoms with Gasteiger partial charge in [-0.2, -0.15) is 5.10 Å². The molecular weight excluding hydrogens is 198 g/mol. The van der Waals surface area contributed by atoms with Crippen LogP contribution in [0.2, 0.25) is 0 Å². The zero-order chi connectivity index (χ0) is 10.8. The standard InChI is InChI=1S/C9H9N3O3/c1-6-2-3-12(11-6)5-8-7(9(13)14)4-10-15-8/h2-4H,5H2,1H3,(H,13,14). The Morgan fingerprint density at radius 3 is 3.07 bits per heavy atom. The van der Waals surface area contributed by atoms with Crippen LogP contribution in [0.4, 0.5) is 0 Å². The lowest BCUT2D eigenvalue weighted by atomic mass is 10.2. The van der Waals surface area contributed by atoms with E-state index >= 15 is 0 Å². The van der Waals surface area contributed by atoms with Crippen molar-refractivity contribution in [2.75, 3.05) is 0 Å². The number of aryl methyl sites for hydroxylation is 1. The molecule has 2 aromatic heterocycles. The highest BCUT2D eigenvalue weighted by Crippen LogP contribution is 2.09. The van der Waals surface area contributed by atoms with E-state index < -0.39 is 5.97 Å². The predicted octanol–water partition coefficient (Wildman–Crippen LogP) is 0.926. The highest BCUT2D eigenvalue weighted by atomic mass is 16.5. The fourth-order valence-corrected chi connectivity index (χ4v) is 1.25. The highest BCUT2D eigenvalue weighted by Gasteiger charge is 2.15. The summed E-state index contributed by atoms with van der Waals surface area (Å²) in [5.74, 6) is -0.749. The van der Waals surface area contributed by atoms with Gasteiger partial charge in [0, 0.05) is 6.20 Å². The molecule has 2 aromatic rings. The van der Waals surface area contributed by atoms with Crippen molar-refractivity contribution in [1.29, 1.82) is 0 Å². The first-order chi connectivity index (χ1) is 7.16. The minimum Gasteiger partial charge on any atom is -0.478 e. The quantitative estimate of drug-likeness (QED) is 0.809. The normalized spacial score (nSPS) is 10.5. The van der Waals surface area contributed by atoms with Crippen molar-refractivity contribution in [2.24, 2.45) is 0 Å². The summed E-state index contributed by atoms with van der Waals surface area (Å²) in [6.45, 7) is 2.13. The Balaban J connectivity index is 2.24. The van der Waals surface area contributed by atoms with Crippen molar-refractivity contribution in [1.82, 2.24) is 14.9 Å². The Morgan fingerprint density at radius 2 is 2.47 bits per heavy atom. The molecule has 0 bridgehead atoms. The smallest absolute Gasteiger partial charge is 0.341 e.